The Morgan fingerprint density at radius 2 is 1.60 bits per heavy atom. The third-order valence-electron chi connectivity index (χ3n) is 3.94. The van der Waals surface area contributed by atoms with Crippen LogP contribution >= 0.6 is 23.2 Å². The van der Waals surface area contributed by atoms with Crippen molar-refractivity contribution in [3.63, 3.8) is 0 Å². The number of anilines is 2. The molecule has 0 bridgehead atoms. The fourth-order valence-electron chi connectivity index (χ4n) is 2.51. The van der Waals surface area contributed by atoms with Crippen molar-refractivity contribution in [1.82, 2.24) is 0 Å². The fraction of sp³-hybridized carbons (Fsp3) is 0. The van der Waals surface area contributed by atoms with Crippen LogP contribution in [0, 0.1) is 10.1 Å². The number of rotatable bonds is 6. The van der Waals surface area contributed by atoms with E-state index >= 15 is 0 Å². The summed E-state index contributed by atoms with van der Waals surface area (Å²) in [6.07, 6.45) is 0. The van der Waals surface area contributed by atoms with Gasteiger partial charge in [-0.15, -0.1) is 0 Å². The highest BCUT2D eigenvalue weighted by Gasteiger charge is 2.20. The molecule has 3 rings (SSSR count). The standard InChI is InChI=1S/C19H13Cl2N3O5S/c20-12-6-8-17(23-30(28,29)14-4-2-1-3-5-14)15(10-12)19(25)22-18-9-7-13(24(26)27)11-16(18)21/h1-11,23H,(H,22,25). The number of halogens is 2. The van der Waals surface area contributed by atoms with Crippen LogP contribution < -0.4 is 10.0 Å². The highest BCUT2D eigenvalue weighted by molar-refractivity contribution is 7.92. The average Bonchev–Trinajstić information content (AvgIpc) is 2.71. The molecule has 1 amide bonds. The van der Waals surface area contributed by atoms with Gasteiger partial charge in [0.15, 0.2) is 0 Å². The summed E-state index contributed by atoms with van der Waals surface area (Å²) in [5.41, 5.74) is -0.184. The number of nitro groups is 1. The summed E-state index contributed by atoms with van der Waals surface area (Å²) in [4.78, 5) is 23.0. The summed E-state index contributed by atoms with van der Waals surface area (Å²) in [6.45, 7) is 0. The van der Waals surface area contributed by atoms with E-state index in [-0.39, 0.29) is 37.6 Å². The van der Waals surface area contributed by atoms with Crippen molar-refractivity contribution in [2.75, 3.05) is 10.0 Å². The molecule has 0 aliphatic carbocycles. The second-order valence-corrected chi connectivity index (χ2v) is 8.51. The molecule has 0 heterocycles. The zero-order chi connectivity index (χ0) is 21.9. The first-order valence-electron chi connectivity index (χ1n) is 8.30. The molecule has 11 heteroatoms. The van der Waals surface area contributed by atoms with E-state index < -0.39 is 20.9 Å². The number of nitro benzene ring substituents is 1. The van der Waals surface area contributed by atoms with Gasteiger partial charge in [0.05, 0.1) is 31.8 Å². The third-order valence-corrected chi connectivity index (χ3v) is 5.86. The van der Waals surface area contributed by atoms with Crippen LogP contribution in [0.1, 0.15) is 10.4 Å². The zero-order valence-electron chi connectivity index (χ0n) is 15.0. The lowest BCUT2D eigenvalue weighted by Gasteiger charge is -2.14. The van der Waals surface area contributed by atoms with Gasteiger partial charge in [-0.3, -0.25) is 19.6 Å². The van der Waals surface area contributed by atoms with Crippen LogP contribution in [0.15, 0.2) is 71.6 Å². The first kappa shape index (κ1) is 21.6. The molecule has 154 valence electrons. The minimum Gasteiger partial charge on any atom is -0.321 e. The van der Waals surface area contributed by atoms with E-state index in [2.05, 4.69) is 10.0 Å². The molecule has 8 nitrogen and oxygen atoms in total. The van der Waals surface area contributed by atoms with Crippen LogP contribution in [0.4, 0.5) is 17.1 Å². The Labute approximate surface area is 181 Å². The zero-order valence-corrected chi connectivity index (χ0v) is 17.3. The lowest BCUT2D eigenvalue weighted by atomic mass is 10.1. The second-order valence-electron chi connectivity index (χ2n) is 5.98. The molecule has 0 radical (unpaired) electrons. The van der Waals surface area contributed by atoms with E-state index in [9.17, 15) is 23.3 Å². The Kier molecular flexibility index (Phi) is 6.25. The topological polar surface area (TPSA) is 118 Å². The van der Waals surface area contributed by atoms with Gasteiger partial charge in [0.2, 0.25) is 0 Å². The lowest BCUT2D eigenvalue weighted by molar-refractivity contribution is -0.384. The van der Waals surface area contributed by atoms with E-state index in [0.717, 1.165) is 6.07 Å². The molecule has 3 aromatic carbocycles. The number of hydrogen-bond donors (Lipinski definition) is 2. The monoisotopic (exact) mass is 465 g/mol. The largest absolute Gasteiger partial charge is 0.321 e. The molecule has 2 N–H and O–H groups in total. The normalized spacial score (nSPS) is 11.0. The lowest BCUT2D eigenvalue weighted by Crippen LogP contribution is -2.19. The van der Waals surface area contributed by atoms with E-state index in [1.165, 1.54) is 42.5 Å². The Morgan fingerprint density at radius 1 is 0.933 bits per heavy atom. The molecule has 0 saturated carbocycles. The molecule has 0 unspecified atom stereocenters. The number of amides is 1. The summed E-state index contributed by atoms with van der Waals surface area (Å²) in [5.74, 6) is -0.709. The van der Waals surface area contributed by atoms with Crippen LogP contribution in [0.25, 0.3) is 0 Å². The minimum absolute atomic E-state index is 0.00112. The van der Waals surface area contributed by atoms with E-state index in [4.69, 9.17) is 23.2 Å². The smallest absolute Gasteiger partial charge is 0.271 e. The van der Waals surface area contributed by atoms with Crippen molar-refractivity contribution in [3.05, 3.63) is 92.5 Å². The third kappa shape index (κ3) is 4.88. The summed E-state index contributed by atoms with van der Waals surface area (Å²) in [5, 5.41) is 13.5. The highest BCUT2D eigenvalue weighted by atomic mass is 35.5. The van der Waals surface area contributed by atoms with Gasteiger partial charge < -0.3 is 5.32 Å². The van der Waals surface area contributed by atoms with Gasteiger partial charge in [0, 0.05) is 17.2 Å². The molecular formula is C19H13Cl2N3O5S. The maximum absolute atomic E-state index is 12.8. The Hall–Kier alpha value is -3.14. The van der Waals surface area contributed by atoms with Gasteiger partial charge >= 0.3 is 0 Å². The maximum atomic E-state index is 12.8. The molecule has 0 atom stereocenters. The SMILES string of the molecule is O=C(Nc1ccc([N+](=O)[O-])cc1Cl)c1cc(Cl)ccc1NS(=O)(=O)c1ccccc1. The molecule has 0 spiro atoms. The van der Waals surface area contributed by atoms with Gasteiger partial charge in [0.1, 0.15) is 0 Å². The molecule has 0 saturated heterocycles. The van der Waals surface area contributed by atoms with E-state index in [1.807, 2.05) is 0 Å². The van der Waals surface area contributed by atoms with Crippen LogP contribution in [-0.4, -0.2) is 19.2 Å². The number of carbonyl (C=O) groups is 1. The maximum Gasteiger partial charge on any atom is 0.271 e. The summed E-state index contributed by atoms with van der Waals surface area (Å²) in [7, 11) is -3.95. The van der Waals surface area contributed by atoms with Gasteiger partial charge in [-0.2, -0.15) is 0 Å². The fourth-order valence-corrected chi connectivity index (χ4v) is 4.00. The van der Waals surface area contributed by atoms with Gasteiger partial charge in [0.25, 0.3) is 21.6 Å². The predicted octanol–water partition coefficient (Wildman–Crippen LogP) is 4.95. The van der Waals surface area contributed by atoms with E-state index in [1.54, 1.807) is 18.2 Å². The van der Waals surface area contributed by atoms with Crippen molar-refractivity contribution in [3.8, 4) is 0 Å². The van der Waals surface area contributed by atoms with Crippen molar-refractivity contribution in [1.29, 1.82) is 0 Å². The summed E-state index contributed by atoms with van der Waals surface area (Å²) >= 11 is 12.0. The molecular weight excluding hydrogens is 453 g/mol. The Bertz CT molecular complexity index is 1230. The van der Waals surface area contributed by atoms with Crippen LogP contribution in [0.2, 0.25) is 10.0 Å². The number of nitrogens with zero attached hydrogens (tertiary/aromatic N) is 1. The van der Waals surface area contributed by atoms with Gasteiger partial charge in [-0.25, -0.2) is 8.42 Å². The molecule has 0 aliphatic rings. The Morgan fingerprint density at radius 3 is 2.23 bits per heavy atom. The van der Waals surface area contributed by atoms with Crippen molar-refractivity contribution < 1.29 is 18.1 Å². The number of sulfonamides is 1. The van der Waals surface area contributed by atoms with Crippen LogP contribution in [0.3, 0.4) is 0 Å². The van der Waals surface area contributed by atoms with Crippen LogP contribution in [-0.2, 0) is 10.0 Å². The molecule has 0 aliphatic heterocycles. The van der Waals surface area contributed by atoms with Crippen LogP contribution in [0.5, 0.6) is 0 Å². The summed E-state index contributed by atoms with van der Waals surface area (Å²) < 4.78 is 27.6. The number of benzene rings is 3. The molecule has 3 aromatic rings. The van der Waals surface area contributed by atoms with Gasteiger partial charge in [-0.1, -0.05) is 41.4 Å². The molecule has 0 aromatic heterocycles. The van der Waals surface area contributed by atoms with Crippen molar-refractivity contribution in [2.24, 2.45) is 0 Å². The Balaban J connectivity index is 1.92. The second kappa shape index (κ2) is 8.70. The minimum atomic E-state index is -3.95. The first-order valence-corrected chi connectivity index (χ1v) is 10.5. The predicted molar refractivity (Wildman–Crippen MR) is 115 cm³/mol. The number of nitrogens with one attached hydrogen (secondary N) is 2. The first-order chi connectivity index (χ1) is 14.2. The number of carbonyl (C=O) groups excluding carboxylic acids is 1. The van der Waals surface area contributed by atoms with Crippen molar-refractivity contribution in [2.45, 2.75) is 4.90 Å². The van der Waals surface area contributed by atoms with E-state index in [0.29, 0.717) is 0 Å². The molecule has 30 heavy (non-hydrogen) atoms. The van der Waals surface area contributed by atoms with Gasteiger partial charge in [-0.05, 0) is 36.4 Å². The number of non-ortho nitro benzene ring substituents is 1. The highest BCUT2D eigenvalue weighted by Crippen LogP contribution is 2.29. The average molecular weight is 466 g/mol. The van der Waals surface area contributed by atoms with Crippen molar-refractivity contribution >= 4 is 56.2 Å². The molecule has 0 fully saturated rings. The number of hydrogen-bond acceptors (Lipinski definition) is 5. The summed E-state index contributed by atoms with van der Waals surface area (Å²) in [6, 6.07) is 15.3. The quantitative estimate of drug-likeness (QED) is 0.394.